The zero-order valence-electron chi connectivity index (χ0n) is 14.2. The SMILES string of the molecule is Cn1nccc1[C@@H]1OCC[C@H]1CN1CCSC2(CCCCC2)C1. The smallest absolute Gasteiger partial charge is 0.103 e. The van der Waals surface area contributed by atoms with Gasteiger partial charge < -0.3 is 9.64 Å². The molecule has 2 aliphatic heterocycles. The molecule has 128 valence electrons. The predicted octanol–water partition coefficient (Wildman–Crippen LogP) is 3.25. The molecule has 2 saturated heterocycles. The lowest BCUT2D eigenvalue weighted by molar-refractivity contribution is 0.0697. The highest BCUT2D eigenvalue weighted by molar-refractivity contribution is 8.00. The van der Waals surface area contributed by atoms with Crippen molar-refractivity contribution < 1.29 is 4.74 Å². The fourth-order valence-electron chi connectivity index (χ4n) is 4.72. The molecule has 1 aliphatic carbocycles. The molecule has 1 aromatic heterocycles. The Hall–Kier alpha value is -0.520. The van der Waals surface area contributed by atoms with Crippen molar-refractivity contribution >= 4 is 11.8 Å². The van der Waals surface area contributed by atoms with Crippen molar-refractivity contribution in [3.05, 3.63) is 18.0 Å². The van der Waals surface area contributed by atoms with Gasteiger partial charge in [0.15, 0.2) is 0 Å². The normalized spacial score (nSPS) is 31.7. The third-order valence-corrected chi connectivity index (χ3v) is 7.49. The second kappa shape index (κ2) is 6.77. The molecular formula is C18H29N3OS. The minimum Gasteiger partial charge on any atom is -0.372 e. The average Bonchev–Trinajstić information content (AvgIpc) is 3.17. The molecule has 23 heavy (non-hydrogen) atoms. The van der Waals surface area contributed by atoms with Crippen molar-refractivity contribution in [2.75, 3.05) is 32.0 Å². The van der Waals surface area contributed by atoms with Crippen molar-refractivity contribution in [3.8, 4) is 0 Å². The maximum atomic E-state index is 6.08. The largest absolute Gasteiger partial charge is 0.372 e. The van der Waals surface area contributed by atoms with Gasteiger partial charge in [0.1, 0.15) is 6.10 Å². The Labute approximate surface area is 143 Å². The number of ether oxygens (including phenoxy) is 1. The first kappa shape index (κ1) is 16.0. The van der Waals surface area contributed by atoms with Gasteiger partial charge in [-0.15, -0.1) is 0 Å². The van der Waals surface area contributed by atoms with E-state index in [1.807, 2.05) is 17.9 Å². The minimum atomic E-state index is 0.236. The first-order valence-electron chi connectivity index (χ1n) is 9.22. The molecule has 1 aromatic rings. The van der Waals surface area contributed by atoms with E-state index in [0.29, 0.717) is 10.7 Å². The van der Waals surface area contributed by atoms with Crippen LogP contribution in [0.2, 0.25) is 0 Å². The fraction of sp³-hybridized carbons (Fsp3) is 0.833. The van der Waals surface area contributed by atoms with Crippen LogP contribution in [0.1, 0.15) is 50.3 Å². The molecule has 0 radical (unpaired) electrons. The van der Waals surface area contributed by atoms with Crippen LogP contribution in [0.15, 0.2) is 12.3 Å². The fourth-order valence-corrected chi connectivity index (χ4v) is 6.35. The summed E-state index contributed by atoms with van der Waals surface area (Å²) in [5.41, 5.74) is 1.24. The van der Waals surface area contributed by atoms with E-state index in [4.69, 9.17) is 4.74 Å². The van der Waals surface area contributed by atoms with Gasteiger partial charge in [-0.25, -0.2) is 0 Å². The summed E-state index contributed by atoms with van der Waals surface area (Å²) >= 11 is 2.26. The molecule has 1 saturated carbocycles. The maximum Gasteiger partial charge on any atom is 0.103 e. The lowest BCUT2D eigenvalue weighted by Crippen LogP contribution is -2.49. The topological polar surface area (TPSA) is 30.3 Å². The zero-order chi connectivity index (χ0) is 15.7. The van der Waals surface area contributed by atoms with Crippen molar-refractivity contribution in [1.29, 1.82) is 0 Å². The van der Waals surface area contributed by atoms with Crippen LogP contribution < -0.4 is 0 Å². The first-order chi connectivity index (χ1) is 11.3. The van der Waals surface area contributed by atoms with Crippen LogP contribution >= 0.6 is 11.8 Å². The first-order valence-corrected chi connectivity index (χ1v) is 10.2. The highest BCUT2D eigenvalue weighted by atomic mass is 32.2. The number of hydrogen-bond donors (Lipinski definition) is 0. The van der Waals surface area contributed by atoms with Crippen LogP contribution in [0.3, 0.4) is 0 Å². The van der Waals surface area contributed by atoms with Crippen molar-refractivity contribution in [1.82, 2.24) is 14.7 Å². The van der Waals surface area contributed by atoms with Crippen LogP contribution in [0.5, 0.6) is 0 Å². The van der Waals surface area contributed by atoms with E-state index in [9.17, 15) is 0 Å². The number of hydrogen-bond acceptors (Lipinski definition) is 4. The Balaban J connectivity index is 1.41. The summed E-state index contributed by atoms with van der Waals surface area (Å²) < 4.78 is 8.63. The molecule has 3 aliphatic rings. The third-order valence-electron chi connectivity index (χ3n) is 5.95. The Morgan fingerprint density at radius 3 is 3.00 bits per heavy atom. The number of thioether (sulfide) groups is 1. The highest BCUT2D eigenvalue weighted by Crippen LogP contribution is 2.43. The van der Waals surface area contributed by atoms with E-state index >= 15 is 0 Å². The van der Waals surface area contributed by atoms with E-state index in [1.165, 1.54) is 69.6 Å². The summed E-state index contributed by atoms with van der Waals surface area (Å²) in [6.45, 7) is 4.64. The molecule has 3 fully saturated rings. The average molecular weight is 336 g/mol. The quantitative estimate of drug-likeness (QED) is 0.848. The van der Waals surface area contributed by atoms with Crippen LogP contribution in [0.25, 0.3) is 0 Å². The Morgan fingerprint density at radius 2 is 2.22 bits per heavy atom. The zero-order valence-corrected chi connectivity index (χ0v) is 15.1. The lowest BCUT2D eigenvalue weighted by Gasteiger charge is -2.45. The van der Waals surface area contributed by atoms with Crippen molar-refractivity contribution in [2.24, 2.45) is 13.0 Å². The lowest BCUT2D eigenvalue weighted by atomic mass is 9.87. The van der Waals surface area contributed by atoms with Gasteiger partial charge in [0.25, 0.3) is 0 Å². The van der Waals surface area contributed by atoms with Crippen LogP contribution in [-0.4, -0.2) is 51.4 Å². The molecule has 2 atom stereocenters. The molecule has 0 unspecified atom stereocenters. The van der Waals surface area contributed by atoms with Crippen LogP contribution in [0, 0.1) is 5.92 Å². The summed E-state index contributed by atoms with van der Waals surface area (Å²) in [4.78, 5) is 2.74. The van der Waals surface area contributed by atoms with Gasteiger partial charge in [-0.1, -0.05) is 19.3 Å². The van der Waals surface area contributed by atoms with E-state index < -0.39 is 0 Å². The summed E-state index contributed by atoms with van der Waals surface area (Å²) in [6, 6.07) is 2.12. The van der Waals surface area contributed by atoms with E-state index in [0.717, 1.165) is 6.61 Å². The molecule has 0 N–H and O–H groups in total. The Kier molecular flexibility index (Phi) is 4.70. The van der Waals surface area contributed by atoms with Crippen molar-refractivity contribution in [3.63, 3.8) is 0 Å². The van der Waals surface area contributed by atoms with Gasteiger partial charge in [-0.2, -0.15) is 16.9 Å². The maximum absolute atomic E-state index is 6.08. The number of aryl methyl sites for hydroxylation is 1. The number of nitrogens with zero attached hydrogens (tertiary/aromatic N) is 3. The molecule has 0 aromatic carbocycles. The van der Waals surface area contributed by atoms with E-state index in [1.54, 1.807) is 0 Å². The van der Waals surface area contributed by atoms with Gasteiger partial charge in [0.05, 0.1) is 5.69 Å². The van der Waals surface area contributed by atoms with E-state index in [2.05, 4.69) is 27.8 Å². The second-order valence-corrected chi connectivity index (χ2v) is 9.11. The van der Waals surface area contributed by atoms with Gasteiger partial charge in [0, 0.05) is 55.9 Å². The molecule has 1 spiro atoms. The molecular weight excluding hydrogens is 306 g/mol. The molecule has 3 heterocycles. The molecule has 0 bridgehead atoms. The minimum absolute atomic E-state index is 0.236. The van der Waals surface area contributed by atoms with Crippen LogP contribution in [0.4, 0.5) is 0 Å². The molecule has 0 amide bonds. The Bertz CT molecular complexity index is 521. The predicted molar refractivity (Wildman–Crippen MR) is 94.7 cm³/mol. The Morgan fingerprint density at radius 1 is 1.35 bits per heavy atom. The van der Waals surface area contributed by atoms with Gasteiger partial charge in [-0.05, 0) is 25.3 Å². The summed E-state index contributed by atoms with van der Waals surface area (Å²) in [5, 5.41) is 4.33. The van der Waals surface area contributed by atoms with Gasteiger partial charge in [-0.3, -0.25) is 4.68 Å². The van der Waals surface area contributed by atoms with E-state index in [-0.39, 0.29) is 6.10 Å². The summed E-state index contributed by atoms with van der Waals surface area (Å²) in [5.74, 6) is 1.93. The monoisotopic (exact) mass is 335 g/mol. The van der Waals surface area contributed by atoms with Crippen molar-refractivity contribution in [2.45, 2.75) is 49.4 Å². The molecule has 5 heteroatoms. The summed E-state index contributed by atoms with van der Waals surface area (Å²) in [6.07, 6.45) is 10.5. The standard InChI is InChI=1S/C18H29N3OS/c1-20-16(5-9-19-20)17-15(6-11-22-17)13-21-10-12-23-18(14-21)7-3-2-4-8-18/h5,9,15,17H,2-4,6-8,10-14H2,1H3/t15-,17+/m0/s1. The number of rotatable bonds is 3. The summed E-state index contributed by atoms with van der Waals surface area (Å²) in [7, 11) is 2.03. The van der Waals surface area contributed by atoms with Gasteiger partial charge >= 0.3 is 0 Å². The molecule has 4 rings (SSSR count). The van der Waals surface area contributed by atoms with Gasteiger partial charge in [0.2, 0.25) is 0 Å². The third kappa shape index (κ3) is 3.33. The number of aromatic nitrogens is 2. The highest BCUT2D eigenvalue weighted by Gasteiger charge is 2.39. The molecule has 4 nitrogen and oxygen atoms in total. The van der Waals surface area contributed by atoms with Crippen LogP contribution in [-0.2, 0) is 11.8 Å². The second-order valence-electron chi connectivity index (χ2n) is 7.55.